The largest absolute Gasteiger partial charge is 0.343 e. The number of rotatable bonds is 4. The molecule has 0 atom stereocenters. The fourth-order valence-electron chi connectivity index (χ4n) is 1.84. The minimum atomic E-state index is -0.392. The summed E-state index contributed by atoms with van der Waals surface area (Å²) in [6, 6.07) is 5.64. The van der Waals surface area contributed by atoms with E-state index in [1.807, 2.05) is 0 Å². The van der Waals surface area contributed by atoms with E-state index < -0.39 is 5.91 Å². The third kappa shape index (κ3) is 3.40. The molecular weight excluding hydrogens is 302 g/mol. The van der Waals surface area contributed by atoms with Gasteiger partial charge in [-0.25, -0.2) is 0 Å². The molecule has 116 valence electrons. The summed E-state index contributed by atoms with van der Waals surface area (Å²) in [5, 5.41) is 6.34. The first-order valence-electron chi connectivity index (χ1n) is 6.60. The average molecular weight is 313 g/mol. The van der Waals surface area contributed by atoms with Gasteiger partial charge in [0.2, 0.25) is 22.8 Å². The van der Waals surface area contributed by atoms with Crippen LogP contribution in [0.4, 0.5) is 0 Å². The molecule has 0 aliphatic rings. The maximum Gasteiger partial charge on any atom is 0.253 e. The molecule has 0 radical (unpaired) electrons. The van der Waals surface area contributed by atoms with Crippen molar-refractivity contribution in [2.45, 2.75) is 6.54 Å². The lowest BCUT2D eigenvalue weighted by atomic mass is 10.2. The molecule has 23 heavy (non-hydrogen) atoms. The molecule has 0 fully saturated rings. The Kier molecular flexibility index (Phi) is 3.83. The lowest BCUT2D eigenvalue weighted by molar-refractivity contribution is 0.0946. The van der Waals surface area contributed by atoms with Crippen molar-refractivity contribution in [3.8, 4) is 11.4 Å². The normalized spacial score (nSPS) is 10.4. The number of carbonyl (C=O) groups is 1. The second kappa shape index (κ2) is 6.10. The molecule has 3 heterocycles. The molecule has 0 aliphatic carbocycles. The van der Waals surface area contributed by atoms with Crippen LogP contribution in [-0.2, 0) is 6.54 Å². The number of aromatic amines is 2. The Morgan fingerprint density at radius 3 is 2.78 bits per heavy atom. The molecule has 0 unspecified atom stereocenters. The summed E-state index contributed by atoms with van der Waals surface area (Å²) in [5.41, 5.74) is 0.246. The standard InChI is InChI=1S/C14H11N5O4/c20-10-2-1-9(6-16-10)14(22)17-7-12-18-13(19-23-12)8-3-4-15-11(21)5-8/h1-6H,7H2,(H,15,21)(H,16,20)(H,17,22). The van der Waals surface area contributed by atoms with E-state index in [-0.39, 0.29) is 29.4 Å². The highest BCUT2D eigenvalue weighted by molar-refractivity contribution is 5.93. The van der Waals surface area contributed by atoms with Gasteiger partial charge < -0.3 is 19.8 Å². The number of hydrogen-bond acceptors (Lipinski definition) is 6. The molecule has 3 rings (SSSR count). The molecule has 0 aliphatic heterocycles. The summed E-state index contributed by atoms with van der Waals surface area (Å²) in [6.07, 6.45) is 2.79. The molecule has 3 N–H and O–H groups in total. The van der Waals surface area contributed by atoms with Gasteiger partial charge >= 0.3 is 0 Å². The lowest BCUT2D eigenvalue weighted by Crippen LogP contribution is -2.23. The van der Waals surface area contributed by atoms with Crippen molar-refractivity contribution in [3.63, 3.8) is 0 Å². The van der Waals surface area contributed by atoms with Gasteiger partial charge in [0, 0.05) is 30.1 Å². The summed E-state index contributed by atoms with van der Waals surface area (Å²) in [7, 11) is 0. The first-order chi connectivity index (χ1) is 11.1. The fourth-order valence-corrected chi connectivity index (χ4v) is 1.84. The first-order valence-corrected chi connectivity index (χ1v) is 6.60. The van der Waals surface area contributed by atoms with Gasteiger partial charge in [-0.2, -0.15) is 4.98 Å². The quantitative estimate of drug-likeness (QED) is 0.623. The molecule has 0 saturated heterocycles. The highest BCUT2D eigenvalue weighted by atomic mass is 16.5. The summed E-state index contributed by atoms with van der Waals surface area (Å²) >= 11 is 0. The van der Waals surface area contributed by atoms with Crippen molar-refractivity contribution in [3.05, 3.63) is 68.8 Å². The minimum absolute atomic E-state index is 0.0220. The predicted molar refractivity (Wildman–Crippen MR) is 78.6 cm³/mol. The summed E-state index contributed by atoms with van der Waals surface area (Å²) < 4.78 is 5.02. The van der Waals surface area contributed by atoms with Gasteiger partial charge in [-0.1, -0.05) is 5.16 Å². The second-order valence-electron chi connectivity index (χ2n) is 4.58. The van der Waals surface area contributed by atoms with Crippen LogP contribution in [0.2, 0.25) is 0 Å². The predicted octanol–water partition coefficient (Wildman–Crippen LogP) is 0.0432. The van der Waals surface area contributed by atoms with Gasteiger partial charge in [0.1, 0.15) is 0 Å². The number of H-pyrrole nitrogens is 2. The second-order valence-corrected chi connectivity index (χ2v) is 4.58. The van der Waals surface area contributed by atoms with Crippen LogP contribution >= 0.6 is 0 Å². The van der Waals surface area contributed by atoms with Crippen LogP contribution in [0.25, 0.3) is 11.4 Å². The zero-order chi connectivity index (χ0) is 16.2. The number of aromatic nitrogens is 4. The minimum Gasteiger partial charge on any atom is -0.343 e. The van der Waals surface area contributed by atoms with Crippen LogP contribution in [0.5, 0.6) is 0 Å². The Labute approximate surface area is 128 Å². The maximum absolute atomic E-state index is 11.9. The van der Waals surface area contributed by atoms with Gasteiger partial charge in [0.25, 0.3) is 5.91 Å². The number of pyridine rings is 2. The Morgan fingerprint density at radius 2 is 2.04 bits per heavy atom. The highest BCUT2D eigenvalue weighted by Crippen LogP contribution is 2.12. The molecule has 0 bridgehead atoms. The molecule has 3 aromatic rings. The molecular formula is C14H11N5O4. The third-order valence-corrected chi connectivity index (χ3v) is 2.95. The van der Waals surface area contributed by atoms with Gasteiger partial charge in [-0.15, -0.1) is 0 Å². The summed E-state index contributed by atoms with van der Waals surface area (Å²) in [6.45, 7) is 0.0220. The smallest absolute Gasteiger partial charge is 0.253 e. The third-order valence-electron chi connectivity index (χ3n) is 2.95. The Hall–Kier alpha value is -3.49. The van der Waals surface area contributed by atoms with E-state index in [1.165, 1.54) is 30.6 Å². The number of hydrogen-bond donors (Lipinski definition) is 3. The van der Waals surface area contributed by atoms with E-state index >= 15 is 0 Å². The van der Waals surface area contributed by atoms with Crippen molar-refractivity contribution in [1.29, 1.82) is 0 Å². The average Bonchev–Trinajstić information content (AvgIpc) is 3.02. The van der Waals surface area contributed by atoms with Crippen LogP contribution in [-0.4, -0.2) is 26.0 Å². The first kappa shape index (κ1) is 14.4. The zero-order valence-corrected chi connectivity index (χ0v) is 11.7. The molecule has 9 nitrogen and oxygen atoms in total. The van der Waals surface area contributed by atoms with Gasteiger partial charge in [0.05, 0.1) is 12.1 Å². The van der Waals surface area contributed by atoms with E-state index in [9.17, 15) is 14.4 Å². The topological polar surface area (TPSA) is 134 Å². The van der Waals surface area contributed by atoms with Crippen LogP contribution in [0.3, 0.4) is 0 Å². The fraction of sp³-hybridized carbons (Fsp3) is 0.0714. The Morgan fingerprint density at radius 1 is 1.17 bits per heavy atom. The van der Waals surface area contributed by atoms with Crippen LogP contribution in [0.15, 0.2) is 50.8 Å². The summed E-state index contributed by atoms with van der Waals surface area (Å²) in [5.74, 6) is 0.0552. The van der Waals surface area contributed by atoms with Crippen LogP contribution < -0.4 is 16.4 Å². The van der Waals surface area contributed by atoms with E-state index in [0.29, 0.717) is 11.1 Å². The van der Waals surface area contributed by atoms with E-state index in [1.54, 1.807) is 6.07 Å². The Bertz CT molecular complexity index is 935. The molecule has 3 aromatic heterocycles. The van der Waals surface area contributed by atoms with Crippen molar-refractivity contribution >= 4 is 5.91 Å². The van der Waals surface area contributed by atoms with Crippen LogP contribution in [0.1, 0.15) is 16.2 Å². The van der Waals surface area contributed by atoms with Crippen molar-refractivity contribution < 1.29 is 9.32 Å². The molecule has 0 spiro atoms. The number of nitrogens with one attached hydrogen (secondary N) is 3. The number of amides is 1. The van der Waals surface area contributed by atoms with Crippen LogP contribution in [0, 0.1) is 0 Å². The van der Waals surface area contributed by atoms with Crippen molar-refractivity contribution in [2.75, 3.05) is 0 Å². The maximum atomic E-state index is 11.9. The molecule has 0 saturated carbocycles. The van der Waals surface area contributed by atoms with Gasteiger partial charge in [-0.05, 0) is 12.1 Å². The number of nitrogens with zero attached hydrogens (tertiary/aromatic N) is 2. The SMILES string of the molecule is O=C(NCc1nc(-c2cc[nH]c(=O)c2)no1)c1ccc(=O)[nH]c1. The highest BCUT2D eigenvalue weighted by Gasteiger charge is 2.11. The van der Waals surface area contributed by atoms with E-state index in [2.05, 4.69) is 25.4 Å². The summed E-state index contributed by atoms with van der Waals surface area (Å²) in [4.78, 5) is 43.1. The monoisotopic (exact) mass is 313 g/mol. The van der Waals surface area contributed by atoms with Gasteiger partial charge in [-0.3, -0.25) is 14.4 Å². The lowest BCUT2D eigenvalue weighted by Gasteiger charge is -2.01. The van der Waals surface area contributed by atoms with E-state index in [0.717, 1.165) is 0 Å². The number of carbonyl (C=O) groups excluding carboxylic acids is 1. The zero-order valence-electron chi connectivity index (χ0n) is 11.7. The molecule has 0 aromatic carbocycles. The van der Waals surface area contributed by atoms with Crippen molar-refractivity contribution in [2.24, 2.45) is 0 Å². The van der Waals surface area contributed by atoms with Gasteiger partial charge in [0.15, 0.2) is 0 Å². The molecule has 9 heteroatoms. The Balaban J connectivity index is 1.67. The van der Waals surface area contributed by atoms with Crippen molar-refractivity contribution in [1.82, 2.24) is 25.4 Å². The molecule has 1 amide bonds. The van der Waals surface area contributed by atoms with E-state index in [4.69, 9.17) is 4.52 Å².